The van der Waals surface area contributed by atoms with E-state index in [0.717, 1.165) is 94.0 Å². The lowest BCUT2D eigenvalue weighted by Crippen LogP contribution is -2.37. The molecule has 1 amide bonds. The fraction of sp³-hybridized carbons (Fsp3) is 0.480. The van der Waals surface area contributed by atoms with Crippen LogP contribution in [-0.4, -0.2) is 140 Å². The summed E-state index contributed by atoms with van der Waals surface area (Å²) >= 11 is 29.7. The summed E-state index contributed by atoms with van der Waals surface area (Å²) in [4.78, 5) is 40.0. The normalized spacial score (nSPS) is 18.3. The van der Waals surface area contributed by atoms with Crippen LogP contribution in [0.5, 0.6) is 0 Å². The molecule has 2 unspecified atom stereocenters. The highest BCUT2D eigenvalue weighted by Gasteiger charge is 2.32. The summed E-state index contributed by atoms with van der Waals surface area (Å²) in [5, 5.41) is 14.1. The predicted molar refractivity (Wildman–Crippen MR) is 307 cm³/mol. The van der Waals surface area contributed by atoms with Gasteiger partial charge in [-0.2, -0.15) is 19.2 Å². The molecule has 20 nitrogen and oxygen atoms in total. The number of sulfonamides is 2. The number of nitrogens with one attached hydrogen (secondary N) is 3. The van der Waals surface area contributed by atoms with Crippen molar-refractivity contribution in [3.8, 4) is 0 Å². The number of aromatic nitrogens is 6. The van der Waals surface area contributed by atoms with Crippen molar-refractivity contribution >= 4 is 124 Å². The van der Waals surface area contributed by atoms with Crippen molar-refractivity contribution in [1.82, 2.24) is 39.4 Å². The highest BCUT2D eigenvalue weighted by atomic mass is 35.5. The highest BCUT2D eigenvalue weighted by molar-refractivity contribution is 7.92. The van der Waals surface area contributed by atoms with Crippen molar-refractivity contribution in [2.24, 2.45) is 0 Å². The van der Waals surface area contributed by atoms with Gasteiger partial charge in [-0.1, -0.05) is 86.9 Å². The Labute approximate surface area is 475 Å². The quantitative estimate of drug-likeness (QED) is 0.0857. The van der Waals surface area contributed by atoms with Crippen LogP contribution in [0.2, 0.25) is 20.4 Å². The van der Waals surface area contributed by atoms with E-state index in [1.807, 2.05) is 16.6 Å². The summed E-state index contributed by atoms with van der Waals surface area (Å²) in [6, 6.07) is 16.3. The number of hydrogen-bond donors (Lipinski definition) is 3. The Bertz CT molecular complexity index is 3240. The molecular formula is C50H65Cl5N12O8S2. The molecule has 4 aliphatic heterocycles. The summed E-state index contributed by atoms with van der Waals surface area (Å²) in [5.41, 5.74) is 3.72. The van der Waals surface area contributed by atoms with Gasteiger partial charge in [0.05, 0.1) is 84.9 Å². The third kappa shape index (κ3) is 16.4. The number of nitrogens with zero attached hydrogens (tertiary/aromatic N) is 9. The molecule has 2 atom stereocenters. The molecule has 4 fully saturated rings. The number of halogens is 5. The third-order valence-corrected chi connectivity index (χ3v) is 15.0. The number of hydrogen-bond acceptors (Lipinski definition) is 15. The molecule has 2 aromatic carbocycles. The van der Waals surface area contributed by atoms with Gasteiger partial charge in [-0.3, -0.25) is 19.0 Å². The molecule has 0 spiro atoms. The Morgan fingerprint density at radius 3 is 1.62 bits per heavy atom. The van der Waals surface area contributed by atoms with E-state index in [0.29, 0.717) is 77.0 Å². The van der Waals surface area contributed by atoms with Crippen molar-refractivity contribution in [2.45, 2.75) is 78.3 Å². The topological polar surface area (TPSA) is 227 Å². The van der Waals surface area contributed by atoms with E-state index in [-0.39, 0.29) is 49.3 Å². The maximum atomic E-state index is 13.9. The van der Waals surface area contributed by atoms with E-state index in [2.05, 4.69) is 40.6 Å². The molecule has 4 aromatic heterocycles. The number of ether oxygens (including phenoxy) is 2. The van der Waals surface area contributed by atoms with Crippen molar-refractivity contribution in [2.75, 3.05) is 97.5 Å². The molecule has 0 bridgehead atoms. The SMILES string of the molecule is C.C.CS(=O)(=O)Nc1ccc(Cl)cc1C(=O)Cl.CS(=O)(=O)Nc1ccc(Cl)cc1C(=O)N1CCCCCC1c1cc2nc(Cl)cc(N3CCOCC3)n2n1.Clc1cc(N2CCOCC2)n2nc(C3CCCCCN3)cc2n1. The number of rotatable bonds is 10. The summed E-state index contributed by atoms with van der Waals surface area (Å²) in [6.07, 6.45) is 10.4. The minimum Gasteiger partial charge on any atom is -0.378 e. The summed E-state index contributed by atoms with van der Waals surface area (Å²) in [5.74, 6) is 1.52. The van der Waals surface area contributed by atoms with Crippen LogP contribution in [-0.2, 0) is 29.5 Å². The van der Waals surface area contributed by atoms with Crippen molar-refractivity contribution in [3.63, 3.8) is 0 Å². The second-order valence-corrected chi connectivity index (χ2v) is 23.9. The van der Waals surface area contributed by atoms with Gasteiger partial charge in [-0.15, -0.1) is 0 Å². The average molecular weight is 1200 g/mol. The van der Waals surface area contributed by atoms with Crippen LogP contribution in [0, 0.1) is 0 Å². The zero-order chi connectivity index (χ0) is 53.4. The molecule has 27 heteroatoms. The number of anilines is 4. The minimum atomic E-state index is -3.60. The van der Waals surface area contributed by atoms with Gasteiger partial charge in [-0.05, 0) is 80.2 Å². The molecule has 0 aliphatic carbocycles. The lowest BCUT2D eigenvalue weighted by Gasteiger charge is -2.30. The molecule has 0 radical (unpaired) electrons. The molecule has 10 rings (SSSR count). The second kappa shape index (κ2) is 27.4. The van der Waals surface area contributed by atoms with E-state index in [1.54, 1.807) is 21.5 Å². The molecular weight excluding hydrogens is 1140 g/mol. The Morgan fingerprint density at radius 2 is 1.09 bits per heavy atom. The molecule has 77 heavy (non-hydrogen) atoms. The van der Waals surface area contributed by atoms with Crippen LogP contribution in [0.15, 0.2) is 60.7 Å². The number of amides is 1. The molecule has 6 aromatic rings. The van der Waals surface area contributed by atoms with Gasteiger partial charge in [0.25, 0.3) is 11.1 Å². The second-order valence-electron chi connectivity index (χ2n) is 18.4. The Morgan fingerprint density at radius 1 is 0.610 bits per heavy atom. The summed E-state index contributed by atoms with van der Waals surface area (Å²) in [7, 11) is -7.05. The molecule has 420 valence electrons. The van der Waals surface area contributed by atoms with Gasteiger partial charge in [0.1, 0.15) is 21.9 Å². The Kier molecular flexibility index (Phi) is 21.9. The molecule has 4 saturated heterocycles. The van der Waals surface area contributed by atoms with Gasteiger partial charge >= 0.3 is 0 Å². The number of carbonyl (C=O) groups is 2. The van der Waals surface area contributed by atoms with Gasteiger partial charge < -0.3 is 29.5 Å². The number of likely N-dealkylation sites (tertiary alicyclic amines) is 1. The zero-order valence-corrected chi connectivity index (χ0v) is 46.6. The average Bonchev–Trinajstić information content (AvgIpc) is 3.78. The van der Waals surface area contributed by atoms with E-state index in [1.165, 1.54) is 49.6 Å². The molecule has 4 aliphatic rings. The fourth-order valence-electron chi connectivity index (χ4n) is 9.31. The van der Waals surface area contributed by atoms with E-state index >= 15 is 0 Å². The summed E-state index contributed by atoms with van der Waals surface area (Å²) in [6.45, 7) is 7.40. The van der Waals surface area contributed by atoms with Gasteiger partial charge in [-0.25, -0.2) is 26.8 Å². The number of fused-ring (bicyclic) bond motifs is 2. The standard InChI is InChI=1S/C24H28Cl2N6O4S.C16H22ClN5O.C8H7Cl2NO3S.2CH4/c1-37(34,35)29-18-7-6-16(25)13-17(18)24(33)31-8-4-2-3-5-20(31)19-14-22-27-21(26)15-23(32(22)28-19)30-9-11-36-12-10-30;17-14-11-16(21-6-8-23-9-7-21)22-15(19-14)10-13(20-22)12-4-2-1-3-5-18-12;1-15(13,14)11-7-3-2-5(9)4-6(7)8(10)12;;/h6-7,13-15,20,29H,2-5,8-12H2,1H3;10-12,18H,1-9H2;2-4,11H,1H3;2*1H4. The molecule has 8 heterocycles. The first kappa shape index (κ1) is 61.5. The van der Waals surface area contributed by atoms with Crippen LogP contribution in [0.1, 0.15) is 110 Å². The van der Waals surface area contributed by atoms with E-state index in [9.17, 15) is 26.4 Å². The lowest BCUT2D eigenvalue weighted by molar-refractivity contribution is 0.0677. The minimum absolute atomic E-state index is 0. The van der Waals surface area contributed by atoms with Crippen LogP contribution in [0.4, 0.5) is 23.0 Å². The lowest BCUT2D eigenvalue weighted by atomic mass is 10.0. The zero-order valence-electron chi connectivity index (χ0n) is 41.2. The van der Waals surface area contributed by atoms with E-state index < -0.39 is 25.3 Å². The monoisotopic (exact) mass is 1200 g/mol. The third-order valence-electron chi connectivity index (χ3n) is 12.7. The fourth-order valence-corrected chi connectivity index (χ4v) is 11.3. The first-order valence-electron chi connectivity index (χ1n) is 24.4. The molecule has 3 N–H and O–H groups in total. The predicted octanol–water partition coefficient (Wildman–Crippen LogP) is 9.79. The van der Waals surface area contributed by atoms with Gasteiger partial charge in [0.15, 0.2) is 11.3 Å². The summed E-state index contributed by atoms with van der Waals surface area (Å²) < 4.78 is 65.1. The highest BCUT2D eigenvalue weighted by Crippen LogP contribution is 2.35. The number of morpholine rings is 2. The molecule has 0 saturated carbocycles. The number of benzene rings is 2. The first-order valence-corrected chi connectivity index (χ1v) is 30.0. The van der Waals surface area contributed by atoms with E-state index in [4.69, 9.17) is 77.7 Å². The van der Waals surface area contributed by atoms with Crippen molar-refractivity contribution < 1.29 is 35.9 Å². The number of carbonyl (C=O) groups excluding carboxylic acids is 2. The Hall–Kier alpha value is -4.75. The smallest absolute Gasteiger partial charge is 0.256 e. The van der Waals surface area contributed by atoms with Crippen molar-refractivity contribution in [3.05, 3.63) is 104 Å². The maximum absolute atomic E-state index is 13.9. The van der Waals surface area contributed by atoms with Crippen molar-refractivity contribution in [1.29, 1.82) is 0 Å². The maximum Gasteiger partial charge on any atom is 0.256 e. The van der Waals surface area contributed by atoms with Gasteiger partial charge in [0.2, 0.25) is 20.0 Å². The van der Waals surface area contributed by atoms with Crippen LogP contribution in [0.3, 0.4) is 0 Å². The van der Waals surface area contributed by atoms with Gasteiger partial charge in [0, 0.05) is 67.0 Å². The first-order chi connectivity index (χ1) is 35.8. The van der Waals surface area contributed by atoms with Crippen LogP contribution < -0.4 is 24.6 Å². The Balaban J connectivity index is 0.000000205. The van der Waals surface area contributed by atoms with Crippen LogP contribution in [0.25, 0.3) is 11.3 Å². The van der Waals surface area contributed by atoms with Crippen LogP contribution >= 0.6 is 58.0 Å². The largest absolute Gasteiger partial charge is 0.378 e.